The third-order valence-corrected chi connectivity index (χ3v) is 6.34. The summed E-state index contributed by atoms with van der Waals surface area (Å²) in [5, 5.41) is 11.3. The van der Waals surface area contributed by atoms with E-state index in [0.717, 1.165) is 50.7 Å². The maximum absolute atomic E-state index is 12.0. The highest BCUT2D eigenvalue weighted by Crippen LogP contribution is 2.14. The zero-order chi connectivity index (χ0) is 22.3. The number of nitrogens with zero attached hydrogens (tertiary/aromatic N) is 2. The average molecular weight is 539 g/mol. The van der Waals surface area contributed by atoms with E-state index in [-0.39, 0.29) is 35.7 Å². The normalized spacial score (nSPS) is 14.6. The summed E-state index contributed by atoms with van der Waals surface area (Å²) in [7, 11) is -3.74. The molecule has 0 aliphatic carbocycles. The Hall–Kier alpha value is -1.59. The molecule has 0 bridgehead atoms. The minimum Gasteiger partial charge on any atom is -0.338 e. The summed E-state index contributed by atoms with van der Waals surface area (Å²) in [6, 6.07) is 13.4. The summed E-state index contributed by atoms with van der Waals surface area (Å²) in [4.78, 5) is 16.8. The van der Waals surface area contributed by atoms with Gasteiger partial charge in [-0.25, -0.2) is 18.4 Å². The first-order chi connectivity index (χ1) is 14.8. The van der Waals surface area contributed by atoms with Crippen LogP contribution in [0, 0.1) is 0 Å². The number of piperazine rings is 1. The van der Waals surface area contributed by atoms with Crippen molar-refractivity contribution in [3.8, 4) is 0 Å². The van der Waals surface area contributed by atoms with Crippen LogP contribution in [0.5, 0.6) is 0 Å². The van der Waals surface area contributed by atoms with Crippen LogP contribution in [0.2, 0.25) is 5.02 Å². The number of sulfonamides is 1. The van der Waals surface area contributed by atoms with Crippen molar-refractivity contribution >= 4 is 58.2 Å². The van der Waals surface area contributed by atoms with Gasteiger partial charge >= 0.3 is 6.03 Å². The highest BCUT2D eigenvalue weighted by atomic mass is 35.5. The van der Waals surface area contributed by atoms with Gasteiger partial charge in [0.1, 0.15) is 0 Å². The molecule has 0 atom stereocenters. The van der Waals surface area contributed by atoms with E-state index < -0.39 is 10.0 Å². The molecule has 2 amide bonds. The van der Waals surface area contributed by atoms with Crippen molar-refractivity contribution in [1.29, 1.82) is 0 Å². The van der Waals surface area contributed by atoms with Crippen molar-refractivity contribution in [2.45, 2.75) is 17.9 Å². The van der Waals surface area contributed by atoms with Gasteiger partial charge in [-0.2, -0.15) is 0 Å². The summed E-state index contributed by atoms with van der Waals surface area (Å²) >= 11 is 5.94. The van der Waals surface area contributed by atoms with Gasteiger partial charge in [0.15, 0.2) is 0 Å². The van der Waals surface area contributed by atoms with Gasteiger partial charge in [-0.3, -0.25) is 4.90 Å². The molecule has 1 aliphatic heterocycles. The number of rotatable bonds is 8. The molecule has 12 heteroatoms. The summed E-state index contributed by atoms with van der Waals surface area (Å²) in [6.07, 6.45) is 0.856. The van der Waals surface area contributed by atoms with Gasteiger partial charge in [0, 0.05) is 50.0 Å². The Balaban J connectivity index is 0.00000272. The minimum absolute atomic E-state index is 0. The molecule has 1 heterocycles. The minimum atomic E-state index is -3.74. The molecular weight excluding hydrogens is 509 g/mol. The lowest BCUT2D eigenvalue weighted by Crippen LogP contribution is -2.46. The second-order valence-corrected chi connectivity index (χ2v) is 9.55. The number of anilines is 1. The number of hydrogen-bond acceptors (Lipinski definition) is 5. The van der Waals surface area contributed by atoms with Crippen LogP contribution in [-0.2, 0) is 16.6 Å². The molecule has 3 rings (SSSR count). The number of amides is 2. The molecule has 0 saturated carbocycles. The number of nitrogens with two attached hydrogens (primary N) is 1. The molecule has 33 heavy (non-hydrogen) atoms. The monoisotopic (exact) mass is 537 g/mol. The summed E-state index contributed by atoms with van der Waals surface area (Å²) in [5.41, 5.74) is 1.77. The van der Waals surface area contributed by atoms with Gasteiger partial charge in [0.25, 0.3) is 0 Å². The number of carbonyl (C=O) groups excluding carboxylic acids is 1. The average Bonchev–Trinajstić information content (AvgIpc) is 2.74. The summed E-state index contributed by atoms with van der Waals surface area (Å²) < 4.78 is 22.5. The topological polar surface area (TPSA) is 108 Å². The molecule has 0 unspecified atom stereocenters. The maximum Gasteiger partial charge on any atom is 0.319 e. The van der Waals surface area contributed by atoms with Crippen LogP contribution in [0.4, 0.5) is 10.5 Å². The van der Waals surface area contributed by atoms with E-state index >= 15 is 0 Å². The fourth-order valence-electron chi connectivity index (χ4n) is 3.43. The third kappa shape index (κ3) is 10.1. The van der Waals surface area contributed by atoms with Crippen molar-refractivity contribution in [3.63, 3.8) is 0 Å². The van der Waals surface area contributed by atoms with E-state index in [9.17, 15) is 13.2 Å². The molecule has 1 fully saturated rings. The lowest BCUT2D eigenvalue weighted by atomic mass is 10.2. The van der Waals surface area contributed by atoms with E-state index in [2.05, 4.69) is 32.6 Å². The molecule has 184 valence electrons. The number of urea groups is 1. The van der Waals surface area contributed by atoms with Crippen molar-refractivity contribution in [2.24, 2.45) is 5.14 Å². The molecule has 0 radical (unpaired) electrons. The molecule has 0 spiro atoms. The fraction of sp³-hybridized carbons (Fsp3) is 0.381. The molecule has 4 N–H and O–H groups in total. The number of benzene rings is 2. The summed E-state index contributed by atoms with van der Waals surface area (Å²) in [6.45, 7) is 6.48. The van der Waals surface area contributed by atoms with Crippen LogP contribution in [-0.4, -0.2) is 63.5 Å². The van der Waals surface area contributed by atoms with Gasteiger partial charge in [-0.15, -0.1) is 24.8 Å². The molecule has 2 aromatic carbocycles. The highest BCUT2D eigenvalue weighted by molar-refractivity contribution is 7.89. The van der Waals surface area contributed by atoms with Gasteiger partial charge in [0.05, 0.1) is 4.90 Å². The molecule has 0 aromatic heterocycles. The highest BCUT2D eigenvalue weighted by Gasteiger charge is 2.16. The fourth-order valence-corrected chi connectivity index (χ4v) is 4.07. The SMILES string of the molecule is Cl.Cl.NS(=O)(=O)c1ccc(NC(=O)NCCCN2CCN(Cc3ccc(Cl)cc3)CC2)cc1. The Labute approximate surface area is 212 Å². The Morgan fingerprint density at radius 2 is 1.52 bits per heavy atom. The smallest absolute Gasteiger partial charge is 0.319 e. The molecule has 1 saturated heterocycles. The van der Waals surface area contributed by atoms with Gasteiger partial charge < -0.3 is 15.5 Å². The predicted molar refractivity (Wildman–Crippen MR) is 137 cm³/mol. The lowest BCUT2D eigenvalue weighted by Gasteiger charge is -2.34. The first kappa shape index (κ1) is 29.4. The van der Waals surface area contributed by atoms with Crippen LogP contribution in [0.25, 0.3) is 0 Å². The largest absolute Gasteiger partial charge is 0.338 e. The van der Waals surface area contributed by atoms with E-state index in [0.29, 0.717) is 12.2 Å². The van der Waals surface area contributed by atoms with Crippen molar-refractivity contribution in [1.82, 2.24) is 15.1 Å². The Kier molecular flexibility index (Phi) is 12.5. The van der Waals surface area contributed by atoms with E-state index in [1.807, 2.05) is 12.1 Å². The van der Waals surface area contributed by atoms with E-state index in [1.54, 1.807) is 0 Å². The standard InChI is InChI=1S/C21H28ClN5O3S.2ClH/c22-18-4-2-17(3-5-18)16-27-14-12-26(13-15-27)11-1-10-24-21(28)25-19-6-8-20(9-7-19)31(23,29)30;;/h2-9H,1,10-16H2,(H2,23,29,30)(H2,24,25,28);2*1H. The zero-order valence-electron chi connectivity index (χ0n) is 18.1. The molecule has 8 nitrogen and oxygen atoms in total. The Bertz CT molecular complexity index is 968. The van der Waals surface area contributed by atoms with Crippen LogP contribution >= 0.6 is 36.4 Å². The lowest BCUT2D eigenvalue weighted by molar-refractivity contribution is 0.126. The van der Waals surface area contributed by atoms with Gasteiger partial charge in [-0.1, -0.05) is 23.7 Å². The van der Waals surface area contributed by atoms with Crippen LogP contribution in [0.3, 0.4) is 0 Å². The Morgan fingerprint density at radius 3 is 2.09 bits per heavy atom. The first-order valence-electron chi connectivity index (χ1n) is 10.2. The molecule has 1 aliphatic rings. The number of nitrogens with one attached hydrogen (secondary N) is 2. The van der Waals surface area contributed by atoms with Crippen molar-refractivity contribution in [2.75, 3.05) is 44.6 Å². The van der Waals surface area contributed by atoms with E-state index in [1.165, 1.54) is 29.8 Å². The van der Waals surface area contributed by atoms with Gasteiger partial charge in [0.2, 0.25) is 10.0 Å². The number of halogens is 3. The van der Waals surface area contributed by atoms with Crippen molar-refractivity contribution in [3.05, 3.63) is 59.1 Å². The quantitative estimate of drug-likeness (QED) is 0.448. The summed E-state index contributed by atoms with van der Waals surface area (Å²) in [5.74, 6) is 0. The zero-order valence-corrected chi connectivity index (χ0v) is 21.3. The predicted octanol–water partition coefficient (Wildman–Crippen LogP) is 3.16. The van der Waals surface area contributed by atoms with Gasteiger partial charge in [-0.05, 0) is 54.9 Å². The number of primary sulfonamides is 1. The third-order valence-electron chi connectivity index (χ3n) is 5.16. The van der Waals surface area contributed by atoms with Crippen molar-refractivity contribution < 1.29 is 13.2 Å². The van der Waals surface area contributed by atoms with E-state index in [4.69, 9.17) is 16.7 Å². The Morgan fingerprint density at radius 1 is 0.939 bits per heavy atom. The van der Waals surface area contributed by atoms with Crippen LogP contribution in [0.1, 0.15) is 12.0 Å². The number of carbonyl (C=O) groups is 1. The second-order valence-electron chi connectivity index (χ2n) is 7.55. The molecular formula is C21H30Cl3N5O3S. The molecule has 2 aromatic rings. The second kappa shape index (κ2) is 14.0. The van der Waals surface area contributed by atoms with Crippen LogP contribution < -0.4 is 15.8 Å². The van der Waals surface area contributed by atoms with Crippen LogP contribution in [0.15, 0.2) is 53.4 Å². The first-order valence-corrected chi connectivity index (χ1v) is 12.1. The maximum atomic E-state index is 12.0. The number of hydrogen-bond donors (Lipinski definition) is 3.